The van der Waals surface area contributed by atoms with Crippen LogP contribution in [0.15, 0.2) is 29.6 Å². The number of ether oxygens (including phenoxy) is 1. The molecule has 0 aliphatic rings. The highest BCUT2D eigenvalue weighted by Crippen LogP contribution is 2.29. The van der Waals surface area contributed by atoms with Gasteiger partial charge >= 0.3 is 0 Å². The van der Waals surface area contributed by atoms with Gasteiger partial charge in [-0.15, -0.1) is 11.3 Å². The summed E-state index contributed by atoms with van der Waals surface area (Å²) < 4.78 is 6.78. The topological polar surface area (TPSA) is 29.5 Å². The molecular weight excluding hydrogens is 232 g/mol. The molecule has 17 heavy (non-hydrogen) atoms. The Kier molecular flexibility index (Phi) is 3.52. The largest absolute Gasteiger partial charge is 0.386 e. The van der Waals surface area contributed by atoms with Crippen molar-refractivity contribution < 1.29 is 9.84 Å². The van der Waals surface area contributed by atoms with Crippen LogP contribution in [-0.4, -0.2) is 17.3 Å². The van der Waals surface area contributed by atoms with Gasteiger partial charge in [-0.1, -0.05) is 18.2 Å². The van der Waals surface area contributed by atoms with Gasteiger partial charge in [-0.05, 0) is 37.6 Å². The minimum absolute atomic E-state index is 0.218. The average molecular weight is 250 g/mol. The fourth-order valence-electron chi connectivity index (χ4n) is 1.70. The molecule has 0 aliphatic carbocycles. The van der Waals surface area contributed by atoms with Crippen molar-refractivity contribution in [2.45, 2.75) is 32.5 Å². The summed E-state index contributed by atoms with van der Waals surface area (Å²) in [6, 6.07) is 8.08. The summed E-state index contributed by atoms with van der Waals surface area (Å²) in [5.74, 6) is 0. The third kappa shape index (κ3) is 3.06. The lowest BCUT2D eigenvalue weighted by molar-refractivity contribution is -0.0492. The zero-order valence-corrected chi connectivity index (χ0v) is 11.3. The van der Waals surface area contributed by atoms with E-state index < -0.39 is 6.10 Å². The number of aliphatic hydroxyl groups excluding tert-OH is 1. The predicted octanol–water partition coefficient (Wildman–Crippen LogP) is 3.75. The smallest absolute Gasteiger partial charge is 0.104 e. The second-order valence-corrected chi connectivity index (χ2v) is 6.04. The summed E-state index contributed by atoms with van der Waals surface area (Å²) in [5, 5.41) is 13.4. The van der Waals surface area contributed by atoms with Gasteiger partial charge in [0.1, 0.15) is 6.10 Å². The molecule has 1 aromatic heterocycles. The minimum Gasteiger partial charge on any atom is -0.386 e. The summed E-state index contributed by atoms with van der Waals surface area (Å²) in [5.41, 5.74) is 0.742. The molecule has 0 amide bonds. The summed E-state index contributed by atoms with van der Waals surface area (Å²) in [7, 11) is 0. The van der Waals surface area contributed by atoms with Crippen LogP contribution in [0.4, 0.5) is 0 Å². The first-order chi connectivity index (χ1) is 7.97. The Labute approximate surface area is 106 Å². The van der Waals surface area contributed by atoms with E-state index in [0.717, 1.165) is 10.3 Å². The highest BCUT2D eigenvalue weighted by atomic mass is 32.1. The Morgan fingerprint density at radius 3 is 2.76 bits per heavy atom. The summed E-state index contributed by atoms with van der Waals surface area (Å²) in [6.45, 7) is 6.31. The number of benzene rings is 1. The zero-order valence-electron chi connectivity index (χ0n) is 10.4. The van der Waals surface area contributed by atoms with E-state index in [1.165, 1.54) is 5.39 Å². The Hall–Kier alpha value is -0.900. The summed E-state index contributed by atoms with van der Waals surface area (Å²) >= 11 is 1.66. The van der Waals surface area contributed by atoms with Gasteiger partial charge < -0.3 is 9.84 Å². The molecule has 3 heteroatoms. The lowest BCUT2D eigenvalue weighted by Crippen LogP contribution is -2.22. The van der Waals surface area contributed by atoms with Gasteiger partial charge in [0.25, 0.3) is 0 Å². The van der Waals surface area contributed by atoms with Gasteiger partial charge in [0, 0.05) is 10.3 Å². The molecule has 0 saturated carbocycles. The van der Waals surface area contributed by atoms with E-state index in [4.69, 9.17) is 4.74 Å². The molecule has 1 atom stereocenters. The van der Waals surface area contributed by atoms with Crippen molar-refractivity contribution in [3.63, 3.8) is 0 Å². The first kappa shape index (κ1) is 12.6. The molecule has 1 heterocycles. The number of aliphatic hydroxyl groups is 1. The van der Waals surface area contributed by atoms with Crippen LogP contribution in [0.1, 0.15) is 32.4 Å². The van der Waals surface area contributed by atoms with E-state index in [1.807, 2.05) is 38.3 Å². The Bertz CT molecular complexity index is 496. The zero-order chi connectivity index (χ0) is 12.5. The molecule has 92 valence electrons. The standard InChI is InChI=1S/C14H18O2S/c1-14(2,3)16-9-12(15)11-6-4-5-10-7-8-17-13(10)11/h4-8,12,15H,9H2,1-3H3. The molecule has 0 spiro atoms. The van der Waals surface area contributed by atoms with Crippen LogP contribution < -0.4 is 0 Å². The Morgan fingerprint density at radius 1 is 1.29 bits per heavy atom. The van der Waals surface area contributed by atoms with Crippen LogP contribution >= 0.6 is 11.3 Å². The number of thiophene rings is 1. The lowest BCUT2D eigenvalue weighted by Gasteiger charge is -2.22. The molecule has 1 unspecified atom stereocenters. The highest BCUT2D eigenvalue weighted by molar-refractivity contribution is 7.17. The Morgan fingerprint density at radius 2 is 2.06 bits per heavy atom. The fourth-order valence-corrected chi connectivity index (χ4v) is 2.66. The van der Waals surface area contributed by atoms with Crippen molar-refractivity contribution in [2.75, 3.05) is 6.61 Å². The molecule has 0 bridgehead atoms. The van der Waals surface area contributed by atoms with Gasteiger partial charge in [0.05, 0.1) is 12.2 Å². The fraction of sp³-hybridized carbons (Fsp3) is 0.429. The monoisotopic (exact) mass is 250 g/mol. The molecule has 1 N–H and O–H groups in total. The van der Waals surface area contributed by atoms with Crippen molar-refractivity contribution in [3.8, 4) is 0 Å². The first-order valence-electron chi connectivity index (χ1n) is 5.75. The van der Waals surface area contributed by atoms with Crippen LogP contribution in [0.3, 0.4) is 0 Å². The first-order valence-corrected chi connectivity index (χ1v) is 6.63. The molecule has 2 rings (SSSR count). The highest BCUT2D eigenvalue weighted by Gasteiger charge is 2.16. The van der Waals surface area contributed by atoms with Crippen molar-refractivity contribution in [3.05, 3.63) is 35.2 Å². The third-order valence-corrected chi connectivity index (χ3v) is 3.52. The van der Waals surface area contributed by atoms with E-state index in [2.05, 4.69) is 12.1 Å². The van der Waals surface area contributed by atoms with Gasteiger partial charge in [-0.25, -0.2) is 0 Å². The quantitative estimate of drug-likeness (QED) is 0.899. The van der Waals surface area contributed by atoms with Crippen molar-refractivity contribution >= 4 is 21.4 Å². The number of rotatable bonds is 3. The maximum atomic E-state index is 10.2. The number of hydrogen-bond donors (Lipinski definition) is 1. The number of hydrogen-bond acceptors (Lipinski definition) is 3. The van der Waals surface area contributed by atoms with E-state index >= 15 is 0 Å². The molecule has 1 aromatic carbocycles. The Balaban J connectivity index is 2.19. The third-order valence-electron chi connectivity index (χ3n) is 2.54. The summed E-state index contributed by atoms with van der Waals surface area (Å²) in [4.78, 5) is 0. The minimum atomic E-state index is -0.559. The van der Waals surface area contributed by atoms with Crippen molar-refractivity contribution in [2.24, 2.45) is 0 Å². The van der Waals surface area contributed by atoms with E-state index in [9.17, 15) is 5.11 Å². The van der Waals surface area contributed by atoms with E-state index in [1.54, 1.807) is 11.3 Å². The molecule has 2 nitrogen and oxygen atoms in total. The predicted molar refractivity (Wildman–Crippen MR) is 72.5 cm³/mol. The molecule has 2 aromatic rings. The maximum Gasteiger partial charge on any atom is 0.104 e. The van der Waals surface area contributed by atoms with Gasteiger partial charge in [-0.3, -0.25) is 0 Å². The van der Waals surface area contributed by atoms with Gasteiger partial charge in [0.15, 0.2) is 0 Å². The molecular formula is C14H18O2S. The molecule has 0 aliphatic heterocycles. The van der Waals surface area contributed by atoms with Gasteiger partial charge in [0.2, 0.25) is 0 Å². The van der Waals surface area contributed by atoms with Crippen LogP contribution in [0.2, 0.25) is 0 Å². The lowest BCUT2D eigenvalue weighted by atomic mass is 10.1. The summed E-state index contributed by atoms with van der Waals surface area (Å²) in [6.07, 6.45) is -0.559. The second kappa shape index (κ2) is 4.77. The number of fused-ring (bicyclic) bond motifs is 1. The van der Waals surface area contributed by atoms with Gasteiger partial charge in [-0.2, -0.15) is 0 Å². The van der Waals surface area contributed by atoms with Crippen molar-refractivity contribution in [1.29, 1.82) is 0 Å². The molecule has 0 saturated heterocycles. The maximum absolute atomic E-state index is 10.2. The van der Waals surface area contributed by atoms with Crippen LogP contribution in [0.5, 0.6) is 0 Å². The second-order valence-electron chi connectivity index (χ2n) is 5.13. The van der Waals surface area contributed by atoms with Crippen LogP contribution in [0, 0.1) is 0 Å². The molecule has 0 radical (unpaired) electrons. The van der Waals surface area contributed by atoms with Crippen LogP contribution in [0.25, 0.3) is 10.1 Å². The normalized spacial score (nSPS) is 14.1. The van der Waals surface area contributed by atoms with Crippen molar-refractivity contribution in [1.82, 2.24) is 0 Å². The SMILES string of the molecule is CC(C)(C)OCC(O)c1cccc2ccsc12. The van der Waals surface area contributed by atoms with E-state index in [0.29, 0.717) is 6.61 Å². The van der Waals surface area contributed by atoms with Crippen LogP contribution in [-0.2, 0) is 4.74 Å². The average Bonchev–Trinajstić information content (AvgIpc) is 2.72. The van der Waals surface area contributed by atoms with E-state index in [-0.39, 0.29) is 5.60 Å². The molecule has 0 fully saturated rings.